The van der Waals surface area contributed by atoms with Gasteiger partial charge in [-0.3, -0.25) is 14.4 Å². The lowest BCUT2D eigenvalue weighted by atomic mass is 9.48. The molecule has 41 heavy (non-hydrogen) atoms. The molecule has 4 aliphatic rings. The molecule has 1 heterocycles. The molecular weight excluding hydrogens is 529 g/mol. The molecule has 8 heteroatoms. The molecule has 0 aromatic heterocycles. The minimum absolute atomic E-state index is 0.0228. The predicted octanol–water partition coefficient (Wildman–Crippen LogP) is 6.74. The second-order valence-electron chi connectivity index (χ2n) is 11.0. The van der Waals surface area contributed by atoms with Gasteiger partial charge in [-0.15, -0.1) is 0 Å². The molecule has 0 unspecified atom stereocenters. The van der Waals surface area contributed by atoms with Crippen molar-refractivity contribution in [2.24, 2.45) is 11.3 Å². The quantitative estimate of drug-likeness (QED) is 0.286. The standard InChI is InChI=1S/C33H23F3N2O3/c1-32-27-22-13-4-2-11-20(22)26(21-12-3-5-14-23(21)27)28(32)30(40)38(31(32)41)19-10-8-9-18(17-19)29(39)37-25-16-7-6-15-24(25)33(34,35)36/h2-17,26-28H,1H3,(H,37,39)/t26?,27?,28-,32+/m1/s1. The molecule has 0 spiro atoms. The van der Waals surface area contributed by atoms with Gasteiger partial charge < -0.3 is 5.32 Å². The predicted molar refractivity (Wildman–Crippen MR) is 146 cm³/mol. The van der Waals surface area contributed by atoms with Crippen molar-refractivity contribution in [3.05, 3.63) is 130 Å². The largest absolute Gasteiger partial charge is 0.418 e. The van der Waals surface area contributed by atoms with Gasteiger partial charge in [0.25, 0.3) is 5.91 Å². The minimum atomic E-state index is -4.65. The molecule has 0 saturated carbocycles. The third-order valence-corrected chi connectivity index (χ3v) is 8.86. The lowest BCUT2D eigenvalue weighted by Gasteiger charge is -2.51. The number of amides is 3. The zero-order valence-corrected chi connectivity index (χ0v) is 21.8. The zero-order chi connectivity index (χ0) is 28.7. The Morgan fingerprint density at radius 3 is 2.02 bits per heavy atom. The van der Waals surface area contributed by atoms with Crippen LogP contribution in [0.25, 0.3) is 0 Å². The van der Waals surface area contributed by atoms with Gasteiger partial charge in [0.2, 0.25) is 11.8 Å². The molecule has 4 aromatic carbocycles. The van der Waals surface area contributed by atoms with Crippen molar-refractivity contribution in [2.75, 3.05) is 10.2 Å². The second-order valence-corrected chi connectivity index (χ2v) is 11.0. The Balaban J connectivity index is 1.27. The molecule has 4 aromatic rings. The van der Waals surface area contributed by atoms with Crippen molar-refractivity contribution in [3.63, 3.8) is 0 Å². The third kappa shape index (κ3) is 3.46. The number of imide groups is 1. The summed E-state index contributed by atoms with van der Waals surface area (Å²) in [5.41, 5.74) is 1.99. The summed E-state index contributed by atoms with van der Waals surface area (Å²) in [5, 5.41) is 2.33. The van der Waals surface area contributed by atoms with Crippen LogP contribution >= 0.6 is 0 Å². The number of carbonyl (C=O) groups excluding carboxylic acids is 3. The van der Waals surface area contributed by atoms with Crippen molar-refractivity contribution in [2.45, 2.75) is 24.9 Å². The molecule has 1 N–H and O–H groups in total. The zero-order valence-electron chi connectivity index (χ0n) is 21.8. The van der Waals surface area contributed by atoms with E-state index in [4.69, 9.17) is 0 Å². The summed E-state index contributed by atoms with van der Waals surface area (Å²) in [7, 11) is 0. The summed E-state index contributed by atoms with van der Waals surface area (Å²) >= 11 is 0. The number of anilines is 2. The summed E-state index contributed by atoms with van der Waals surface area (Å²) < 4.78 is 40.4. The molecule has 1 aliphatic heterocycles. The van der Waals surface area contributed by atoms with Gasteiger partial charge in [-0.2, -0.15) is 13.2 Å². The van der Waals surface area contributed by atoms with E-state index in [9.17, 15) is 27.6 Å². The van der Waals surface area contributed by atoms with E-state index in [2.05, 4.69) is 5.32 Å². The Hall–Kier alpha value is -4.72. The van der Waals surface area contributed by atoms with Crippen LogP contribution in [0.3, 0.4) is 0 Å². The fraction of sp³-hybridized carbons (Fsp3) is 0.182. The first-order valence-corrected chi connectivity index (χ1v) is 13.3. The molecule has 204 valence electrons. The lowest BCUT2D eigenvalue weighted by molar-refractivity contribution is -0.137. The summed E-state index contributed by atoms with van der Waals surface area (Å²) in [4.78, 5) is 42.7. The van der Waals surface area contributed by atoms with Crippen molar-refractivity contribution < 1.29 is 27.6 Å². The van der Waals surface area contributed by atoms with Crippen LogP contribution in [0, 0.1) is 11.3 Å². The van der Waals surface area contributed by atoms with Gasteiger partial charge in [0.1, 0.15) is 0 Å². The first kappa shape index (κ1) is 25.3. The fourth-order valence-electron chi connectivity index (χ4n) is 7.18. The molecule has 3 aliphatic carbocycles. The Kier molecular flexibility index (Phi) is 5.32. The van der Waals surface area contributed by atoms with Crippen molar-refractivity contribution in [1.82, 2.24) is 0 Å². The number of nitrogens with one attached hydrogen (secondary N) is 1. The van der Waals surface area contributed by atoms with Crippen LogP contribution in [0.5, 0.6) is 0 Å². The summed E-state index contributed by atoms with van der Waals surface area (Å²) in [6, 6.07) is 26.5. The lowest BCUT2D eigenvalue weighted by Crippen LogP contribution is -2.49. The molecule has 1 saturated heterocycles. The van der Waals surface area contributed by atoms with E-state index in [0.29, 0.717) is 0 Å². The first-order chi connectivity index (χ1) is 19.6. The van der Waals surface area contributed by atoms with Crippen LogP contribution in [0.1, 0.15) is 56.9 Å². The maximum Gasteiger partial charge on any atom is 0.418 e. The number of hydrogen-bond acceptors (Lipinski definition) is 3. The van der Waals surface area contributed by atoms with E-state index in [1.54, 1.807) is 6.07 Å². The van der Waals surface area contributed by atoms with Crippen molar-refractivity contribution in [3.8, 4) is 0 Å². The Labute approximate surface area is 233 Å². The van der Waals surface area contributed by atoms with Gasteiger partial charge in [-0.25, -0.2) is 4.90 Å². The molecule has 3 amide bonds. The highest BCUT2D eigenvalue weighted by molar-refractivity contribution is 6.25. The molecule has 0 radical (unpaired) electrons. The average molecular weight is 553 g/mol. The fourth-order valence-corrected chi connectivity index (χ4v) is 7.18. The number of carbonyl (C=O) groups is 3. The molecule has 8 rings (SSSR count). The van der Waals surface area contributed by atoms with Crippen LogP contribution in [-0.4, -0.2) is 17.7 Å². The normalized spacial score (nSPS) is 24.1. The molecular formula is C33H23F3N2O3. The number of alkyl halides is 3. The second kappa shape index (κ2) is 8.64. The van der Waals surface area contributed by atoms with Gasteiger partial charge in [-0.1, -0.05) is 66.7 Å². The van der Waals surface area contributed by atoms with Gasteiger partial charge >= 0.3 is 6.18 Å². The highest BCUT2D eigenvalue weighted by atomic mass is 19.4. The molecule has 2 bridgehead atoms. The maximum absolute atomic E-state index is 14.3. The van der Waals surface area contributed by atoms with Crippen molar-refractivity contribution >= 4 is 29.1 Å². The van der Waals surface area contributed by atoms with Crippen LogP contribution in [0.4, 0.5) is 24.5 Å². The Morgan fingerprint density at radius 1 is 0.805 bits per heavy atom. The molecule has 2 atom stereocenters. The van der Waals surface area contributed by atoms with Gasteiger partial charge in [0.05, 0.1) is 28.3 Å². The van der Waals surface area contributed by atoms with Crippen LogP contribution < -0.4 is 10.2 Å². The van der Waals surface area contributed by atoms with E-state index in [1.807, 2.05) is 55.5 Å². The van der Waals surface area contributed by atoms with E-state index >= 15 is 0 Å². The number of para-hydroxylation sites is 1. The van der Waals surface area contributed by atoms with E-state index in [0.717, 1.165) is 33.2 Å². The van der Waals surface area contributed by atoms with E-state index < -0.39 is 29.0 Å². The minimum Gasteiger partial charge on any atom is -0.321 e. The highest BCUT2D eigenvalue weighted by Crippen LogP contribution is 2.67. The SMILES string of the molecule is C[C@@]12C(=O)N(c3cccc(C(=O)Nc4ccccc4C(F)(F)F)c3)C(=O)[C@H]1C1c3ccccc3C2c2ccccc21. The number of hydrogen-bond donors (Lipinski definition) is 1. The summed E-state index contributed by atoms with van der Waals surface area (Å²) in [6.45, 7) is 1.85. The maximum atomic E-state index is 14.3. The van der Waals surface area contributed by atoms with Gasteiger partial charge in [0, 0.05) is 17.4 Å². The average Bonchev–Trinajstić information content (AvgIpc) is 3.17. The smallest absolute Gasteiger partial charge is 0.321 e. The third-order valence-electron chi connectivity index (χ3n) is 8.86. The number of rotatable bonds is 3. The van der Waals surface area contributed by atoms with E-state index in [-0.39, 0.29) is 40.6 Å². The van der Waals surface area contributed by atoms with E-state index in [1.165, 1.54) is 36.4 Å². The highest BCUT2D eigenvalue weighted by Gasteiger charge is 2.68. The van der Waals surface area contributed by atoms with Crippen molar-refractivity contribution in [1.29, 1.82) is 0 Å². The van der Waals surface area contributed by atoms with Crippen LogP contribution in [0.15, 0.2) is 97.1 Å². The first-order valence-electron chi connectivity index (χ1n) is 13.3. The van der Waals surface area contributed by atoms with Crippen LogP contribution in [-0.2, 0) is 15.8 Å². The van der Waals surface area contributed by atoms with Crippen LogP contribution in [0.2, 0.25) is 0 Å². The summed E-state index contributed by atoms with van der Waals surface area (Å²) in [5.74, 6) is -2.75. The monoisotopic (exact) mass is 552 g/mol. The number of benzene rings is 4. The number of halogens is 3. The van der Waals surface area contributed by atoms with Gasteiger partial charge in [0.15, 0.2) is 0 Å². The van der Waals surface area contributed by atoms with Gasteiger partial charge in [-0.05, 0) is 59.5 Å². The summed E-state index contributed by atoms with van der Waals surface area (Å²) in [6.07, 6.45) is -4.65. The molecule has 1 fully saturated rings. The Morgan fingerprint density at radius 2 is 1.39 bits per heavy atom. The number of nitrogens with zero attached hydrogens (tertiary/aromatic N) is 1. The topological polar surface area (TPSA) is 66.5 Å². The molecule has 5 nitrogen and oxygen atoms in total. The Bertz CT molecular complexity index is 1730.